The van der Waals surface area contributed by atoms with Crippen LogP contribution < -0.4 is 0 Å². The summed E-state index contributed by atoms with van der Waals surface area (Å²) in [6.45, 7) is 0. The first-order chi connectivity index (χ1) is 9.72. The van der Waals surface area contributed by atoms with Gasteiger partial charge in [0.2, 0.25) is 0 Å². The lowest BCUT2D eigenvalue weighted by Gasteiger charge is -2.14. The molecule has 0 saturated carbocycles. The van der Waals surface area contributed by atoms with E-state index < -0.39 is 0 Å². The summed E-state index contributed by atoms with van der Waals surface area (Å²) in [5.74, 6) is 6.48. The highest BCUT2D eigenvalue weighted by Gasteiger charge is 2.16. The van der Waals surface area contributed by atoms with Crippen LogP contribution in [0, 0.1) is 11.8 Å². The lowest BCUT2D eigenvalue weighted by Crippen LogP contribution is -2.10. The molecule has 0 bridgehead atoms. The van der Waals surface area contributed by atoms with Crippen LogP contribution >= 0.6 is 11.6 Å². The normalized spacial score (nSPS) is 13.3. The molecule has 1 aliphatic rings. The highest BCUT2D eigenvalue weighted by atomic mass is 35.5. The molecule has 20 heavy (non-hydrogen) atoms. The molecule has 0 N–H and O–H groups in total. The van der Waals surface area contributed by atoms with Crippen molar-refractivity contribution in [2.24, 2.45) is 0 Å². The first-order valence-corrected chi connectivity index (χ1v) is 7.04. The SMILES string of the molecule is O=C1CCCc2cc(C#Cc3cccc(Cl)c3)ccc21. The van der Waals surface area contributed by atoms with Gasteiger partial charge in [0.1, 0.15) is 0 Å². The number of carbonyl (C=O) groups is 1. The Morgan fingerprint density at radius 2 is 1.75 bits per heavy atom. The summed E-state index contributed by atoms with van der Waals surface area (Å²) in [6.07, 6.45) is 2.57. The van der Waals surface area contributed by atoms with Crippen LogP contribution in [0.3, 0.4) is 0 Å². The Bertz CT molecular complexity index is 735. The zero-order valence-corrected chi connectivity index (χ0v) is 11.7. The minimum atomic E-state index is 0.251. The van der Waals surface area contributed by atoms with Gasteiger partial charge in [0.25, 0.3) is 0 Å². The van der Waals surface area contributed by atoms with Crippen LogP contribution in [0.25, 0.3) is 0 Å². The molecule has 0 heterocycles. The molecule has 0 spiro atoms. The van der Waals surface area contributed by atoms with Crippen molar-refractivity contribution in [2.75, 3.05) is 0 Å². The van der Waals surface area contributed by atoms with Crippen LogP contribution in [0.1, 0.15) is 39.9 Å². The number of Topliss-reactive ketones (excluding diaryl/α,β-unsaturated/α-hetero) is 1. The van der Waals surface area contributed by atoms with Crippen LogP contribution in [0.2, 0.25) is 5.02 Å². The molecule has 0 saturated heterocycles. The fourth-order valence-electron chi connectivity index (χ4n) is 2.43. The number of fused-ring (bicyclic) bond motifs is 1. The molecule has 98 valence electrons. The number of hydrogen-bond acceptors (Lipinski definition) is 1. The molecule has 1 aliphatic carbocycles. The van der Waals surface area contributed by atoms with Crippen molar-refractivity contribution in [1.82, 2.24) is 0 Å². The number of carbonyl (C=O) groups excluding carboxylic acids is 1. The van der Waals surface area contributed by atoms with Crippen LogP contribution in [0.5, 0.6) is 0 Å². The Morgan fingerprint density at radius 3 is 2.55 bits per heavy atom. The van der Waals surface area contributed by atoms with Gasteiger partial charge in [-0.15, -0.1) is 0 Å². The van der Waals surface area contributed by atoms with Crippen molar-refractivity contribution in [3.63, 3.8) is 0 Å². The van der Waals surface area contributed by atoms with E-state index >= 15 is 0 Å². The van der Waals surface area contributed by atoms with Gasteiger partial charge in [-0.2, -0.15) is 0 Å². The van der Waals surface area contributed by atoms with Crippen LogP contribution in [0.15, 0.2) is 42.5 Å². The van der Waals surface area contributed by atoms with Crippen molar-refractivity contribution >= 4 is 17.4 Å². The standard InChI is InChI=1S/C18H13ClO/c19-16-5-1-3-13(12-16)7-8-14-9-10-17-15(11-14)4-2-6-18(17)20/h1,3,5,9-12H,2,4,6H2. The topological polar surface area (TPSA) is 17.1 Å². The number of halogens is 1. The Balaban J connectivity index is 1.91. The van der Waals surface area contributed by atoms with E-state index in [1.165, 1.54) is 0 Å². The second kappa shape index (κ2) is 5.53. The Morgan fingerprint density at radius 1 is 0.950 bits per heavy atom. The third kappa shape index (κ3) is 2.76. The average Bonchev–Trinajstić information content (AvgIpc) is 2.45. The number of ketones is 1. The van der Waals surface area contributed by atoms with E-state index in [0.29, 0.717) is 11.4 Å². The van der Waals surface area contributed by atoms with E-state index in [1.807, 2.05) is 42.5 Å². The largest absolute Gasteiger partial charge is 0.294 e. The molecule has 1 nitrogen and oxygen atoms in total. The fraction of sp³-hybridized carbons (Fsp3) is 0.167. The van der Waals surface area contributed by atoms with Gasteiger partial charge in [-0.1, -0.05) is 29.5 Å². The molecule has 0 unspecified atom stereocenters. The van der Waals surface area contributed by atoms with Crippen LogP contribution in [0.4, 0.5) is 0 Å². The molecule has 0 atom stereocenters. The zero-order valence-electron chi connectivity index (χ0n) is 10.9. The molecule has 0 aromatic heterocycles. The third-order valence-electron chi connectivity index (χ3n) is 3.43. The zero-order chi connectivity index (χ0) is 13.9. The molecular formula is C18H13ClO. The Labute approximate surface area is 123 Å². The van der Waals surface area contributed by atoms with E-state index in [2.05, 4.69) is 11.8 Å². The van der Waals surface area contributed by atoms with Gasteiger partial charge in [-0.25, -0.2) is 0 Å². The number of rotatable bonds is 0. The van der Waals surface area contributed by atoms with Gasteiger partial charge >= 0.3 is 0 Å². The minimum Gasteiger partial charge on any atom is -0.294 e. The summed E-state index contributed by atoms with van der Waals surface area (Å²) in [7, 11) is 0. The summed E-state index contributed by atoms with van der Waals surface area (Å²) in [4.78, 5) is 11.8. The number of benzene rings is 2. The monoisotopic (exact) mass is 280 g/mol. The van der Waals surface area contributed by atoms with Crippen molar-refractivity contribution in [3.8, 4) is 11.8 Å². The van der Waals surface area contributed by atoms with Crippen LogP contribution in [-0.4, -0.2) is 5.78 Å². The Kier molecular flexibility index (Phi) is 3.58. The molecule has 2 heteroatoms. The molecule has 3 rings (SSSR count). The maximum atomic E-state index is 11.8. The van der Waals surface area contributed by atoms with E-state index in [0.717, 1.165) is 35.1 Å². The van der Waals surface area contributed by atoms with Gasteiger partial charge < -0.3 is 0 Å². The van der Waals surface area contributed by atoms with Crippen molar-refractivity contribution in [3.05, 3.63) is 69.7 Å². The van der Waals surface area contributed by atoms with E-state index in [-0.39, 0.29) is 5.78 Å². The van der Waals surface area contributed by atoms with Gasteiger partial charge in [0, 0.05) is 28.1 Å². The molecule has 0 fully saturated rings. The maximum absolute atomic E-state index is 11.8. The van der Waals surface area contributed by atoms with E-state index in [4.69, 9.17) is 11.6 Å². The molecule has 0 amide bonds. The summed E-state index contributed by atoms with van der Waals surface area (Å²) in [6, 6.07) is 13.3. The predicted octanol–water partition coefficient (Wildman–Crippen LogP) is 4.26. The quantitative estimate of drug-likeness (QED) is 0.659. The van der Waals surface area contributed by atoms with E-state index in [1.54, 1.807) is 0 Å². The lowest BCUT2D eigenvalue weighted by molar-refractivity contribution is 0.0972. The first kappa shape index (κ1) is 13.0. The summed E-state index contributed by atoms with van der Waals surface area (Å²) in [5, 5.41) is 0.688. The summed E-state index contributed by atoms with van der Waals surface area (Å²) >= 11 is 5.93. The Hall–Kier alpha value is -2.04. The highest BCUT2D eigenvalue weighted by molar-refractivity contribution is 6.30. The highest BCUT2D eigenvalue weighted by Crippen LogP contribution is 2.22. The van der Waals surface area contributed by atoms with Gasteiger partial charge in [-0.05, 0) is 54.8 Å². The van der Waals surface area contributed by atoms with Crippen LogP contribution in [-0.2, 0) is 6.42 Å². The molecule has 0 radical (unpaired) electrons. The average molecular weight is 281 g/mol. The number of hydrogen-bond donors (Lipinski definition) is 0. The predicted molar refractivity (Wildman–Crippen MR) is 81.1 cm³/mol. The third-order valence-corrected chi connectivity index (χ3v) is 3.67. The van der Waals surface area contributed by atoms with Crippen molar-refractivity contribution in [1.29, 1.82) is 0 Å². The van der Waals surface area contributed by atoms with Crippen molar-refractivity contribution in [2.45, 2.75) is 19.3 Å². The second-order valence-corrected chi connectivity index (χ2v) is 5.35. The number of aryl methyl sites for hydroxylation is 1. The first-order valence-electron chi connectivity index (χ1n) is 6.66. The molecule has 0 aliphatic heterocycles. The minimum absolute atomic E-state index is 0.251. The smallest absolute Gasteiger partial charge is 0.163 e. The summed E-state index contributed by atoms with van der Waals surface area (Å²) < 4.78 is 0. The summed E-state index contributed by atoms with van der Waals surface area (Å²) in [5.41, 5.74) is 3.83. The van der Waals surface area contributed by atoms with Gasteiger partial charge in [0.15, 0.2) is 5.78 Å². The molecular weight excluding hydrogens is 268 g/mol. The fourth-order valence-corrected chi connectivity index (χ4v) is 2.63. The van der Waals surface area contributed by atoms with Crippen molar-refractivity contribution < 1.29 is 4.79 Å². The lowest BCUT2D eigenvalue weighted by atomic mass is 9.89. The molecule has 2 aromatic carbocycles. The molecule has 2 aromatic rings. The van der Waals surface area contributed by atoms with E-state index in [9.17, 15) is 4.79 Å². The van der Waals surface area contributed by atoms with Gasteiger partial charge in [0.05, 0.1) is 0 Å². The second-order valence-electron chi connectivity index (χ2n) is 4.91. The van der Waals surface area contributed by atoms with Gasteiger partial charge in [-0.3, -0.25) is 4.79 Å². The maximum Gasteiger partial charge on any atom is 0.163 e.